The van der Waals surface area contributed by atoms with E-state index in [2.05, 4.69) is 0 Å². The second-order valence-corrected chi connectivity index (χ2v) is 0. The molecule has 0 amide bonds. The molecule has 0 saturated carbocycles. The average molecular weight is 126 g/mol. The molecule has 0 aliphatic carbocycles. The van der Waals surface area contributed by atoms with Gasteiger partial charge in [0.05, 0.1) is 0 Å². The van der Waals surface area contributed by atoms with Crippen LogP contribution < -0.4 is 0 Å². The summed E-state index contributed by atoms with van der Waals surface area (Å²) in [6.07, 6.45) is 0. The van der Waals surface area contributed by atoms with Gasteiger partial charge in [-0.1, -0.05) is 0 Å². The maximum Gasteiger partial charge on any atom is 2.00 e. The van der Waals surface area contributed by atoms with Crippen LogP contribution in [-0.2, 0) is 0 Å². The van der Waals surface area contributed by atoms with Crippen molar-refractivity contribution in [3.05, 3.63) is 0 Å². The van der Waals surface area contributed by atoms with E-state index in [0.29, 0.717) is 0 Å². The van der Waals surface area contributed by atoms with Crippen LogP contribution in [0.4, 0.5) is 0 Å². The van der Waals surface area contributed by atoms with Gasteiger partial charge < -0.3 is 5.71 Å². The number of halogens is 2. The summed E-state index contributed by atoms with van der Waals surface area (Å²) in [5.41, 5.74) is 0. The van der Waals surface area contributed by atoms with Crippen molar-refractivity contribution in [1.29, 1.82) is 0 Å². The molecule has 0 aromatic heterocycles. The van der Waals surface area contributed by atoms with E-state index in [1.165, 1.54) is 0 Å². The number of hydrogen-bond acceptors (Lipinski definition) is 0. The van der Waals surface area contributed by atoms with E-state index in [-0.39, 0.29) is 76.6 Å². The molecule has 0 radical (unpaired) electrons. The molecule has 0 aromatic rings. The molecule has 4 heteroatoms. The molecule has 0 heterocycles. The standard InChI is InChI=1S/2ClH.2Mg.4H/h2*1H;;;;;;/q;;2*+2;4*-1. The van der Waals surface area contributed by atoms with Crippen molar-refractivity contribution in [2.45, 2.75) is 0 Å². The summed E-state index contributed by atoms with van der Waals surface area (Å²) in [5.74, 6) is 0. The van der Waals surface area contributed by atoms with Gasteiger partial charge in [-0.25, -0.2) is 0 Å². The zero-order valence-corrected chi connectivity index (χ0v) is 6.69. The first-order chi connectivity index (χ1) is 0. The van der Waals surface area contributed by atoms with Crippen LogP contribution in [0.25, 0.3) is 0 Å². The molecule has 0 nitrogen and oxygen atoms in total. The van der Waals surface area contributed by atoms with Gasteiger partial charge in [-0.3, -0.25) is 0 Å². The summed E-state index contributed by atoms with van der Waals surface area (Å²) in [6, 6.07) is 0. The van der Waals surface area contributed by atoms with Crippen LogP contribution in [0, 0.1) is 0 Å². The molecule has 0 rings (SSSR count). The maximum absolute atomic E-state index is 0. The molecule has 0 aliphatic rings. The molecule has 0 spiro atoms. The summed E-state index contributed by atoms with van der Waals surface area (Å²) in [4.78, 5) is 0. The fraction of sp³-hybridized carbons (Fsp3) is 0. The molecule has 0 aliphatic heterocycles. The molecule has 0 N–H and O–H groups in total. The van der Waals surface area contributed by atoms with Gasteiger partial charge in [-0.05, 0) is 0 Å². The van der Waals surface area contributed by atoms with Gasteiger partial charge in [0.25, 0.3) is 0 Å². The van der Waals surface area contributed by atoms with Crippen LogP contribution in [0.3, 0.4) is 0 Å². The Morgan fingerprint density at radius 1 is 0.750 bits per heavy atom. The van der Waals surface area contributed by atoms with E-state index in [1.54, 1.807) is 0 Å². The van der Waals surface area contributed by atoms with Gasteiger partial charge >= 0.3 is 46.1 Å². The number of rotatable bonds is 0. The van der Waals surface area contributed by atoms with Crippen LogP contribution in [0.1, 0.15) is 5.71 Å². The fourth-order valence-corrected chi connectivity index (χ4v) is 0. The van der Waals surface area contributed by atoms with E-state index in [1.807, 2.05) is 0 Å². The summed E-state index contributed by atoms with van der Waals surface area (Å²) in [7, 11) is 0. The fourth-order valence-electron chi connectivity index (χ4n) is 0. The molecule has 0 bridgehead atoms. The molecular formula is H6Cl2Mg2. The van der Waals surface area contributed by atoms with Gasteiger partial charge in [-0.15, -0.1) is 24.8 Å². The Bertz CT molecular complexity index is 12.0. The molecule has 0 aromatic carbocycles. The van der Waals surface area contributed by atoms with Crippen LogP contribution in [0.2, 0.25) is 0 Å². The minimum atomic E-state index is 0. The van der Waals surface area contributed by atoms with Crippen LogP contribution >= 0.6 is 24.8 Å². The third kappa shape index (κ3) is 8.93. The van der Waals surface area contributed by atoms with Crippen molar-refractivity contribution in [3.63, 3.8) is 0 Å². The summed E-state index contributed by atoms with van der Waals surface area (Å²) >= 11 is 0. The molecule has 0 saturated heterocycles. The normalized spacial score (nSPS) is 0. The van der Waals surface area contributed by atoms with E-state index in [0.717, 1.165) is 0 Å². The Morgan fingerprint density at radius 3 is 0.750 bits per heavy atom. The van der Waals surface area contributed by atoms with Crippen LogP contribution in [-0.4, -0.2) is 46.1 Å². The smallest absolute Gasteiger partial charge is 1.00 e. The summed E-state index contributed by atoms with van der Waals surface area (Å²) in [5, 5.41) is 0. The monoisotopic (exact) mass is 124 g/mol. The second kappa shape index (κ2) is 19.4. The molecule has 0 atom stereocenters. The van der Waals surface area contributed by atoms with Crippen molar-refractivity contribution in [2.75, 3.05) is 0 Å². The molecular weight excluding hydrogens is 120 g/mol. The van der Waals surface area contributed by atoms with Gasteiger partial charge in [0.15, 0.2) is 0 Å². The first-order valence-electron chi connectivity index (χ1n) is 0. The molecule has 0 fully saturated rings. The predicted molar refractivity (Wildman–Crippen MR) is 30.5 cm³/mol. The van der Waals surface area contributed by atoms with Gasteiger partial charge in [0.2, 0.25) is 0 Å². The zero-order chi connectivity index (χ0) is 0. The molecule has 4 heavy (non-hydrogen) atoms. The van der Waals surface area contributed by atoms with Gasteiger partial charge in [0.1, 0.15) is 0 Å². The third-order valence-electron chi connectivity index (χ3n) is 0. The summed E-state index contributed by atoms with van der Waals surface area (Å²) < 4.78 is 0. The molecule has 24 valence electrons. The van der Waals surface area contributed by atoms with Crippen molar-refractivity contribution in [2.24, 2.45) is 0 Å². The van der Waals surface area contributed by atoms with Crippen molar-refractivity contribution in [1.82, 2.24) is 0 Å². The third-order valence-corrected chi connectivity index (χ3v) is 0. The summed E-state index contributed by atoms with van der Waals surface area (Å²) in [6.45, 7) is 0. The Hall–Kier alpha value is 2.11. The van der Waals surface area contributed by atoms with E-state index in [4.69, 9.17) is 0 Å². The van der Waals surface area contributed by atoms with E-state index >= 15 is 0 Å². The quantitative estimate of drug-likeness (QED) is 0.415. The van der Waals surface area contributed by atoms with Crippen molar-refractivity contribution in [3.8, 4) is 0 Å². The van der Waals surface area contributed by atoms with Crippen LogP contribution in [0.5, 0.6) is 0 Å². The van der Waals surface area contributed by atoms with Crippen molar-refractivity contribution < 1.29 is 5.71 Å². The second-order valence-electron chi connectivity index (χ2n) is 0. The number of hydrogen-bond donors (Lipinski definition) is 0. The zero-order valence-electron chi connectivity index (χ0n) is 6.23. The first-order valence-corrected chi connectivity index (χ1v) is 0. The SMILES string of the molecule is Cl.Cl.[H-].[H-].[H-].[H-].[Mg+2].[Mg+2]. The van der Waals surface area contributed by atoms with E-state index < -0.39 is 0 Å². The average Bonchev–Trinajstić information content (AvgIpc) is 0. The Labute approximate surface area is 76.2 Å². The van der Waals surface area contributed by atoms with Gasteiger partial charge in [0, 0.05) is 0 Å². The van der Waals surface area contributed by atoms with Gasteiger partial charge in [-0.2, -0.15) is 0 Å². The Kier molecular flexibility index (Phi) is 173. The Morgan fingerprint density at radius 2 is 0.750 bits per heavy atom. The minimum absolute atomic E-state index is 0. The predicted octanol–water partition coefficient (Wildman–Crippen LogP) is 0.532. The first kappa shape index (κ1) is 35.8. The maximum atomic E-state index is 0. The molecule has 0 unspecified atom stereocenters. The topological polar surface area (TPSA) is 0 Å². The largest absolute Gasteiger partial charge is 2.00 e. The minimum Gasteiger partial charge on any atom is -1.00 e. The Balaban J connectivity index is 0. The van der Waals surface area contributed by atoms with E-state index in [9.17, 15) is 0 Å². The van der Waals surface area contributed by atoms with Crippen LogP contribution in [0.15, 0.2) is 0 Å². The van der Waals surface area contributed by atoms with Crippen molar-refractivity contribution >= 4 is 70.9 Å².